The quantitative estimate of drug-likeness (QED) is 0.500. The summed E-state index contributed by atoms with van der Waals surface area (Å²) in [5.41, 5.74) is 3.59. The van der Waals surface area contributed by atoms with Gasteiger partial charge in [-0.05, 0) is 73.0 Å². The van der Waals surface area contributed by atoms with E-state index in [1.54, 1.807) is 11.1 Å². The van der Waals surface area contributed by atoms with Crippen LogP contribution in [-0.4, -0.2) is 42.6 Å². The molecule has 1 aliphatic carbocycles. The first-order valence-corrected chi connectivity index (χ1v) is 12.5. The molecule has 6 nitrogen and oxygen atoms in total. The van der Waals surface area contributed by atoms with E-state index in [0.29, 0.717) is 6.54 Å². The molecule has 178 valence electrons. The second kappa shape index (κ2) is 10.9. The SMILES string of the molecule is O=C1O[C@@H](CCNCc2cccc(-c3cccc(OCC4CCC4)c3)c2)CN1C1=NC=CCC1. The Morgan fingerprint density at radius 2 is 1.97 bits per heavy atom. The molecular formula is C28H33N3O3. The van der Waals surface area contributed by atoms with Gasteiger partial charge >= 0.3 is 6.09 Å². The highest BCUT2D eigenvalue weighted by Crippen LogP contribution is 2.29. The van der Waals surface area contributed by atoms with Crippen molar-refractivity contribution in [2.24, 2.45) is 10.9 Å². The van der Waals surface area contributed by atoms with Crippen LogP contribution in [0.1, 0.15) is 44.1 Å². The summed E-state index contributed by atoms with van der Waals surface area (Å²) in [6, 6.07) is 17.0. The first-order chi connectivity index (χ1) is 16.7. The zero-order valence-electron chi connectivity index (χ0n) is 19.6. The molecule has 2 heterocycles. The molecule has 5 rings (SSSR count). The van der Waals surface area contributed by atoms with Crippen LogP contribution in [0.3, 0.4) is 0 Å². The third-order valence-corrected chi connectivity index (χ3v) is 6.83. The molecule has 3 aliphatic rings. The van der Waals surface area contributed by atoms with Crippen LogP contribution in [0.5, 0.6) is 5.75 Å². The van der Waals surface area contributed by atoms with Crippen LogP contribution >= 0.6 is 0 Å². The Kier molecular flexibility index (Phi) is 7.25. The Labute approximate surface area is 201 Å². The van der Waals surface area contributed by atoms with Crippen LogP contribution in [0.25, 0.3) is 11.1 Å². The summed E-state index contributed by atoms with van der Waals surface area (Å²) in [5, 5.41) is 3.50. The lowest BCUT2D eigenvalue weighted by atomic mass is 9.86. The number of aliphatic imine (C=N–C) groups is 1. The second-order valence-electron chi connectivity index (χ2n) is 9.39. The van der Waals surface area contributed by atoms with E-state index in [4.69, 9.17) is 9.47 Å². The lowest BCUT2D eigenvalue weighted by Gasteiger charge is -2.25. The number of hydrogen-bond acceptors (Lipinski definition) is 5. The molecule has 1 N–H and O–H groups in total. The highest BCUT2D eigenvalue weighted by molar-refractivity contribution is 5.97. The maximum atomic E-state index is 12.2. The lowest BCUT2D eigenvalue weighted by Crippen LogP contribution is -2.33. The summed E-state index contributed by atoms with van der Waals surface area (Å²) in [7, 11) is 0. The van der Waals surface area contributed by atoms with Crippen molar-refractivity contribution in [3.8, 4) is 16.9 Å². The minimum absolute atomic E-state index is 0.0948. The molecule has 0 aromatic heterocycles. The maximum Gasteiger partial charge on any atom is 0.415 e. The molecule has 2 aromatic rings. The number of benzene rings is 2. The highest BCUT2D eigenvalue weighted by Gasteiger charge is 2.33. The van der Waals surface area contributed by atoms with E-state index in [9.17, 15) is 4.79 Å². The van der Waals surface area contributed by atoms with Crippen molar-refractivity contribution >= 4 is 11.9 Å². The standard InChI is InChI=1S/C28H33N3O3/c32-28-31(27-12-1-2-14-30-27)19-26(34-28)13-15-29-18-22-8-4-9-23(16-22)24-10-5-11-25(17-24)33-20-21-6-3-7-21/h2,4-5,8-11,14,16-17,21,26,29H,1,3,6-7,12-13,15,18-20H2/t26-/m0/s1. The number of nitrogens with one attached hydrogen (secondary N) is 1. The van der Waals surface area contributed by atoms with Crippen molar-refractivity contribution in [3.05, 3.63) is 66.4 Å². The Hall–Kier alpha value is -3.12. The lowest BCUT2D eigenvalue weighted by molar-refractivity contribution is 0.132. The summed E-state index contributed by atoms with van der Waals surface area (Å²) in [6.07, 6.45) is 9.85. The average Bonchev–Trinajstić information content (AvgIpc) is 3.22. The van der Waals surface area contributed by atoms with Crippen LogP contribution in [-0.2, 0) is 11.3 Å². The van der Waals surface area contributed by atoms with Gasteiger partial charge in [-0.2, -0.15) is 0 Å². The van der Waals surface area contributed by atoms with Crippen molar-refractivity contribution in [1.82, 2.24) is 10.2 Å². The van der Waals surface area contributed by atoms with Gasteiger partial charge in [0.15, 0.2) is 0 Å². The fourth-order valence-electron chi connectivity index (χ4n) is 4.57. The summed E-state index contributed by atoms with van der Waals surface area (Å²) >= 11 is 0. The van der Waals surface area contributed by atoms with Gasteiger partial charge in [0.05, 0.1) is 13.2 Å². The number of carbonyl (C=O) groups is 1. The van der Waals surface area contributed by atoms with Gasteiger partial charge in [-0.1, -0.05) is 42.8 Å². The molecule has 2 aliphatic heterocycles. The number of amidine groups is 1. The van der Waals surface area contributed by atoms with E-state index in [2.05, 4.69) is 52.8 Å². The molecule has 1 atom stereocenters. The highest BCUT2D eigenvalue weighted by atomic mass is 16.6. The van der Waals surface area contributed by atoms with Crippen molar-refractivity contribution < 1.29 is 14.3 Å². The number of allylic oxidation sites excluding steroid dienone is 1. The molecule has 2 aromatic carbocycles. The monoisotopic (exact) mass is 459 g/mol. The minimum Gasteiger partial charge on any atom is -0.493 e. The second-order valence-corrected chi connectivity index (χ2v) is 9.39. The fourth-order valence-corrected chi connectivity index (χ4v) is 4.57. The van der Waals surface area contributed by atoms with Crippen molar-refractivity contribution in [2.75, 3.05) is 19.7 Å². The predicted octanol–water partition coefficient (Wildman–Crippen LogP) is 5.54. The van der Waals surface area contributed by atoms with Crippen LogP contribution < -0.4 is 10.1 Å². The zero-order chi connectivity index (χ0) is 23.2. The third-order valence-electron chi connectivity index (χ3n) is 6.83. The molecular weight excluding hydrogens is 426 g/mol. The van der Waals surface area contributed by atoms with E-state index >= 15 is 0 Å². The van der Waals surface area contributed by atoms with Crippen molar-refractivity contribution in [3.63, 3.8) is 0 Å². The summed E-state index contributed by atoms with van der Waals surface area (Å²) in [6.45, 7) is 2.97. The number of hydrogen-bond donors (Lipinski definition) is 1. The first-order valence-electron chi connectivity index (χ1n) is 12.5. The molecule has 6 heteroatoms. The van der Waals surface area contributed by atoms with Gasteiger partial charge in [-0.25, -0.2) is 9.79 Å². The number of amides is 1. The van der Waals surface area contributed by atoms with Crippen molar-refractivity contribution in [2.45, 2.75) is 51.2 Å². The molecule has 0 bridgehead atoms. The van der Waals surface area contributed by atoms with E-state index in [1.165, 1.54) is 36.0 Å². The Balaban J connectivity index is 1.09. The first kappa shape index (κ1) is 22.7. The van der Waals surface area contributed by atoms with Crippen LogP contribution in [0.15, 0.2) is 65.8 Å². The van der Waals surface area contributed by atoms with E-state index in [1.807, 2.05) is 12.1 Å². The Morgan fingerprint density at radius 3 is 2.76 bits per heavy atom. The predicted molar refractivity (Wildman–Crippen MR) is 134 cm³/mol. The van der Waals surface area contributed by atoms with Gasteiger partial charge in [0.2, 0.25) is 0 Å². The average molecular weight is 460 g/mol. The van der Waals surface area contributed by atoms with Crippen LogP contribution in [0.2, 0.25) is 0 Å². The van der Waals surface area contributed by atoms with Gasteiger partial charge in [0, 0.05) is 19.2 Å². The van der Waals surface area contributed by atoms with E-state index in [0.717, 1.165) is 56.5 Å². The molecule has 1 saturated carbocycles. The van der Waals surface area contributed by atoms with E-state index in [-0.39, 0.29) is 12.2 Å². The normalized spacial score (nSPS) is 20.1. The number of carbonyl (C=O) groups excluding carboxylic acids is 1. The largest absolute Gasteiger partial charge is 0.493 e. The van der Waals surface area contributed by atoms with Gasteiger partial charge in [-0.3, -0.25) is 4.90 Å². The summed E-state index contributed by atoms with van der Waals surface area (Å²) in [5.74, 6) is 2.49. The van der Waals surface area contributed by atoms with Crippen LogP contribution in [0, 0.1) is 5.92 Å². The van der Waals surface area contributed by atoms with E-state index < -0.39 is 0 Å². The summed E-state index contributed by atoms with van der Waals surface area (Å²) in [4.78, 5) is 18.2. The molecule has 0 spiro atoms. The molecule has 0 radical (unpaired) electrons. The molecule has 1 amide bonds. The molecule has 34 heavy (non-hydrogen) atoms. The van der Waals surface area contributed by atoms with Gasteiger partial charge in [0.1, 0.15) is 17.7 Å². The van der Waals surface area contributed by atoms with Crippen molar-refractivity contribution in [1.29, 1.82) is 0 Å². The zero-order valence-corrected chi connectivity index (χ0v) is 19.6. The number of ether oxygens (including phenoxy) is 2. The van der Waals surface area contributed by atoms with Crippen LogP contribution in [0.4, 0.5) is 4.79 Å². The number of nitrogens with zero attached hydrogens (tertiary/aromatic N) is 2. The molecule has 2 fully saturated rings. The maximum absolute atomic E-state index is 12.2. The topological polar surface area (TPSA) is 63.2 Å². The minimum atomic E-state index is -0.273. The number of rotatable bonds is 9. The molecule has 1 saturated heterocycles. The van der Waals surface area contributed by atoms with Gasteiger partial charge in [-0.15, -0.1) is 0 Å². The summed E-state index contributed by atoms with van der Waals surface area (Å²) < 4.78 is 11.6. The Morgan fingerprint density at radius 1 is 1.12 bits per heavy atom. The molecule has 0 unspecified atom stereocenters. The smallest absolute Gasteiger partial charge is 0.415 e. The van der Waals surface area contributed by atoms with Gasteiger partial charge in [0.25, 0.3) is 0 Å². The van der Waals surface area contributed by atoms with Gasteiger partial charge < -0.3 is 14.8 Å². The number of cyclic esters (lactones) is 1. The third kappa shape index (κ3) is 5.68. The Bertz CT molecular complexity index is 1060. The fraction of sp³-hybridized carbons (Fsp3) is 0.429.